The van der Waals surface area contributed by atoms with Crippen LogP contribution in [0.4, 0.5) is 0 Å². The van der Waals surface area contributed by atoms with Crippen LogP contribution in [0.2, 0.25) is 0 Å². The normalized spacial score (nSPS) is 35.9. The molecular formula is C39H46O7. The molecular weight excluding hydrogens is 580 g/mol. The lowest BCUT2D eigenvalue weighted by Gasteiger charge is -2.61. The van der Waals surface area contributed by atoms with E-state index in [4.69, 9.17) is 0 Å². The summed E-state index contributed by atoms with van der Waals surface area (Å²) in [5.41, 5.74) is -1.69. The van der Waals surface area contributed by atoms with Crippen molar-refractivity contribution in [3.8, 4) is 16.9 Å². The molecule has 6 rings (SSSR count). The fraction of sp³-hybridized carbons (Fsp3) is 0.564. The summed E-state index contributed by atoms with van der Waals surface area (Å²) in [5, 5.41) is 23.2. The molecule has 2 aromatic carbocycles. The van der Waals surface area contributed by atoms with E-state index >= 15 is 0 Å². The maximum absolute atomic E-state index is 14.5. The monoisotopic (exact) mass is 626 g/mol. The van der Waals surface area contributed by atoms with Gasteiger partial charge in [-0.1, -0.05) is 77.8 Å². The lowest BCUT2D eigenvalue weighted by Crippen LogP contribution is -2.76. The van der Waals surface area contributed by atoms with Gasteiger partial charge >= 0.3 is 0 Å². The van der Waals surface area contributed by atoms with Crippen molar-refractivity contribution in [1.82, 2.24) is 0 Å². The molecule has 46 heavy (non-hydrogen) atoms. The van der Waals surface area contributed by atoms with E-state index in [0.29, 0.717) is 11.5 Å². The number of ketones is 5. The summed E-state index contributed by atoms with van der Waals surface area (Å²) in [6.07, 6.45) is 6.32. The van der Waals surface area contributed by atoms with Crippen LogP contribution >= 0.6 is 0 Å². The number of carbonyl (C=O) groups is 5. The van der Waals surface area contributed by atoms with Gasteiger partial charge in [0.05, 0.1) is 11.5 Å². The SMILES string of the molecule is CC(=O)C1C(=O)C(C(C)C)[C@@]2(C)C[C@@]3(C)Cc4c(-c5ccc(CC6CCC(C)CC6)cc5)ccc(O)c4C(=O)C3C(=O)[C@@]2(O)C1=O. The molecule has 244 valence electrons. The van der Waals surface area contributed by atoms with Gasteiger partial charge in [-0.2, -0.15) is 0 Å². The van der Waals surface area contributed by atoms with Gasteiger partial charge < -0.3 is 10.2 Å². The number of rotatable bonds is 5. The fourth-order valence-corrected chi connectivity index (χ4v) is 10.1. The Morgan fingerprint density at radius 3 is 2.15 bits per heavy atom. The Morgan fingerprint density at radius 1 is 0.935 bits per heavy atom. The lowest BCUT2D eigenvalue weighted by atomic mass is 9.40. The predicted octanol–water partition coefficient (Wildman–Crippen LogP) is 6.13. The number of aromatic hydroxyl groups is 1. The van der Waals surface area contributed by atoms with Crippen molar-refractivity contribution >= 4 is 28.9 Å². The number of hydrogen-bond acceptors (Lipinski definition) is 7. The van der Waals surface area contributed by atoms with Gasteiger partial charge in [0, 0.05) is 11.3 Å². The highest BCUT2D eigenvalue weighted by Gasteiger charge is 2.76. The quantitative estimate of drug-likeness (QED) is 0.383. The molecule has 3 fully saturated rings. The lowest BCUT2D eigenvalue weighted by molar-refractivity contribution is -0.205. The first-order chi connectivity index (χ1) is 21.5. The van der Waals surface area contributed by atoms with Crippen molar-refractivity contribution in [1.29, 1.82) is 0 Å². The Bertz CT molecular complexity index is 1640. The van der Waals surface area contributed by atoms with Crippen LogP contribution < -0.4 is 0 Å². The molecule has 7 heteroatoms. The summed E-state index contributed by atoms with van der Waals surface area (Å²) in [4.78, 5) is 69.0. The largest absolute Gasteiger partial charge is 0.507 e. The van der Waals surface area contributed by atoms with E-state index in [1.165, 1.54) is 37.3 Å². The zero-order valence-electron chi connectivity index (χ0n) is 27.8. The highest BCUT2D eigenvalue weighted by molar-refractivity contribution is 6.32. The number of phenols is 1. The van der Waals surface area contributed by atoms with E-state index in [1.807, 2.05) is 19.1 Å². The number of Topliss-reactive ketones (excluding diaryl/α,β-unsaturated/α-hetero) is 5. The number of fused-ring (bicyclic) bond motifs is 3. The maximum Gasteiger partial charge on any atom is 0.190 e. The fourth-order valence-electron chi connectivity index (χ4n) is 10.1. The standard InChI is InChI=1S/C39H46O7/c1-20(2)31-33(42)29(22(4)40)35(44)39(46)36(45)32-34(43)30-27(18-37(32,5)19-38(31,39)6)26(15-16-28(30)41)25-13-11-24(12-14-25)17-23-9-7-21(3)8-10-23/h11-16,20-21,23,29,31-32,41,46H,7-10,17-19H2,1-6H3/t21?,23?,29?,31?,32?,37-,38-,39+/m1/s1. The van der Waals surface area contributed by atoms with Crippen molar-refractivity contribution in [2.24, 2.45) is 46.3 Å². The molecule has 0 bridgehead atoms. The first-order valence-electron chi connectivity index (χ1n) is 16.9. The van der Waals surface area contributed by atoms with Crippen molar-refractivity contribution in [2.45, 2.75) is 92.1 Å². The van der Waals surface area contributed by atoms with Crippen LogP contribution in [-0.4, -0.2) is 44.7 Å². The summed E-state index contributed by atoms with van der Waals surface area (Å²) < 4.78 is 0. The smallest absolute Gasteiger partial charge is 0.190 e. The summed E-state index contributed by atoms with van der Waals surface area (Å²) in [7, 11) is 0. The molecule has 2 aromatic rings. The molecule has 3 unspecified atom stereocenters. The summed E-state index contributed by atoms with van der Waals surface area (Å²) in [6.45, 7) is 10.4. The Balaban J connectivity index is 1.42. The molecule has 0 amide bonds. The van der Waals surface area contributed by atoms with Crippen LogP contribution in [0.15, 0.2) is 36.4 Å². The van der Waals surface area contributed by atoms with Crippen LogP contribution in [0.1, 0.15) is 95.1 Å². The van der Waals surface area contributed by atoms with Crippen LogP contribution in [0, 0.1) is 46.3 Å². The van der Waals surface area contributed by atoms with E-state index in [9.17, 15) is 34.2 Å². The van der Waals surface area contributed by atoms with Crippen LogP contribution in [0.25, 0.3) is 11.1 Å². The second-order valence-electron chi connectivity index (χ2n) is 15.8. The van der Waals surface area contributed by atoms with E-state index < -0.39 is 63.1 Å². The van der Waals surface area contributed by atoms with Gasteiger partial charge in [0.2, 0.25) is 0 Å². The van der Waals surface area contributed by atoms with E-state index in [1.54, 1.807) is 26.8 Å². The zero-order chi connectivity index (χ0) is 33.5. The average Bonchev–Trinajstić information content (AvgIpc) is 2.96. The number of aliphatic hydroxyl groups is 1. The first-order valence-corrected chi connectivity index (χ1v) is 16.9. The van der Waals surface area contributed by atoms with Gasteiger partial charge in [0.25, 0.3) is 0 Å². The minimum absolute atomic E-state index is 0.0313. The molecule has 0 radical (unpaired) electrons. The molecule has 3 saturated carbocycles. The molecule has 4 aliphatic carbocycles. The zero-order valence-corrected chi connectivity index (χ0v) is 27.8. The predicted molar refractivity (Wildman–Crippen MR) is 173 cm³/mol. The van der Waals surface area contributed by atoms with Gasteiger partial charge in [-0.25, -0.2) is 0 Å². The molecule has 4 aliphatic rings. The molecule has 7 nitrogen and oxygen atoms in total. The Morgan fingerprint density at radius 2 is 1.57 bits per heavy atom. The van der Waals surface area contributed by atoms with E-state index in [0.717, 1.165) is 30.4 Å². The van der Waals surface area contributed by atoms with Gasteiger partial charge in [0.1, 0.15) is 17.5 Å². The highest BCUT2D eigenvalue weighted by Crippen LogP contribution is 2.64. The third-order valence-electron chi connectivity index (χ3n) is 12.2. The van der Waals surface area contributed by atoms with Crippen LogP contribution in [0.5, 0.6) is 5.75 Å². The minimum Gasteiger partial charge on any atom is -0.507 e. The second kappa shape index (κ2) is 11.1. The maximum atomic E-state index is 14.5. The summed E-state index contributed by atoms with van der Waals surface area (Å²) >= 11 is 0. The highest BCUT2D eigenvalue weighted by atomic mass is 16.3. The molecule has 6 atom stereocenters. The van der Waals surface area contributed by atoms with Crippen molar-refractivity contribution < 1.29 is 34.2 Å². The topological polar surface area (TPSA) is 126 Å². The van der Waals surface area contributed by atoms with Gasteiger partial charge in [0.15, 0.2) is 28.7 Å². The third kappa shape index (κ3) is 4.59. The summed E-state index contributed by atoms with van der Waals surface area (Å²) in [6, 6.07) is 11.6. The van der Waals surface area contributed by atoms with Gasteiger partial charge in [-0.3, -0.25) is 24.0 Å². The second-order valence-corrected chi connectivity index (χ2v) is 15.8. The van der Waals surface area contributed by atoms with Crippen molar-refractivity contribution in [3.05, 3.63) is 53.1 Å². The van der Waals surface area contributed by atoms with E-state index in [-0.39, 0.29) is 30.1 Å². The molecule has 0 aliphatic heterocycles. The number of hydrogen-bond donors (Lipinski definition) is 2. The van der Waals surface area contributed by atoms with Gasteiger partial charge in [-0.05, 0) is 90.5 Å². The van der Waals surface area contributed by atoms with Crippen molar-refractivity contribution in [2.75, 3.05) is 0 Å². The first kappa shape index (κ1) is 32.5. The molecule has 0 saturated heterocycles. The number of benzene rings is 2. The summed E-state index contributed by atoms with van der Waals surface area (Å²) in [5.74, 6) is -7.32. The Hall–Kier alpha value is -3.45. The Labute approximate surface area is 271 Å². The molecule has 0 heterocycles. The van der Waals surface area contributed by atoms with Gasteiger partial charge in [-0.15, -0.1) is 0 Å². The molecule has 2 N–H and O–H groups in total. The molecule has 0 spiro atoms. The molecule has 0 aromatic heterocycles. The Kier molecular flexibility index (Phi) is 7.82. The number of carbonyl (C=O) groups excluding carboxylic acids is 5. The van der Waals surface area contributed by atoms with Crippen LogP contribution in [-0.2, 0) is 32.0 Å². The third-order valence-corrected chi connectivity index (χ3v) is 12.2. The number of phenolic OH excluding ortho intramolecular Hbond substituents is 1. The average molecular weight is 627 g/mol. The van der Waals surface area contributed by atoms with E-state index in [2.05, 4.69) is 19.1 Å². The van der Waals surface area contributed by atoms with Crippen molar-refractivity contribution in [3.63, 3.8) is 0 Å². The van der Waals surface area contributed by atoms with Crippen LogP contribution in [0.3, 0.4) is 0 Å². The minimum atomic E-state index is -2.69.